The van der Waals surface area contributed by atoms with Crippen LogP contribution in [0.5, 0.6) is 0 Å². The maximum absolute atomic E-state index is 6.17. The summed E-state index contributed by atoms with van der Waals surface area (Å²) in [7, 11) is 0. The molecule has 2 aromatic heterocycles. The second-order valence-electron chi connectivity index (χ2n) is 6.44. The van der Waals surface area contributed by atoms with E-state index in [0.29, 0.717) is 22.4 Å². The third kappa shape index (κ3) is 4.11. The highest BCUT2D eigenvalue weighted by atomic mass is 35.5. The van der Waals surface area contributed by atoms with Crippen molar-refractivity contribution in [1.82, 2.24) is 15.0 Å². The van der Waals surface area contributed by atoms with Gasteiger partial charge < -0.3 is 16.4 Å². The van der Waals surface area contributed by atoms with Gasteiger partial charge in [-0.05, 0) is 30.9 Å². The Labute approximate surface area is 161 Å². The smallest absolute Gasteiger partial charge is 0.158 e. The topological polar surface area (TPSA) is 94.0 Å². The van der Waals surface area contributed by atoms with E-state index in [1.807, 2.05) is 0 Å². The van der Waals surface area contributed by atoms with E-state index in [0.717, 1.165) is 36.6 Å². The van der Waals surface area contributed by atoms with Crippen LogP contribution in [0, 0.1) is 5.41 Å². The summed E-state index contributed by atoms with van der Waals surface area (Å²) in [5, 5.41) is 1.24. The van der Waals surface area contributed by atoms with Gasteiger partial charge >= 0.3 is 0 Å². The zero-order valence-corrected chi connectivity index (χ0v) is 16.2. The average molecular weight is 399 g/mol. The molecule has 3 heterocycles. The van der Waals surface area contributed by atoms with Crippen LogP contribution in [0.4, 0.5) is 11.6 Å². The van der Waals surface area contributed by atoms with Gasteiger partial charge in [0.1, 0.15) is 16.0 Å². The van der Waals surface area contributed by atoms with Gasteiger partial charge in [-0.2, -0.15) is 0 Å². The van der Waals surface area contributed by atoms with Gasteiger partial charge in [-0.1, -0.05) is 41.9 Å². The van der Waals surface area contributed by atoms with Crippen LogP contribution in [0.3, 0.4) is 0 Å². The van der Waals surface area contributed by atoms with E-state index < -0.39 is 0 Å². The lowest BCUT2D eigenvalue weighted by molar-refractivity contribution is 0.258. The molecule has 2 aromatic rings. The molecule has 1 saturated heterocycles. The Kier molecular flexibility index (Phi) is 5.58. The molecule has 4 N–H and O–H groups in total. The van der Waals surface area contributed by atoms with E-state index in [9.17, 15) is 0 Å². The highest BCUT2D eigenvalue weighted by Crippen LogP contribution is 2.38. The Bertz CT molecular complexity index is 764. The molecule has 9 heteroatoms. The molecule has 0 radical (unpaired) electrons. The number of hydrogen-bond acceptors (Lipinski definition) is 7. The Morgan fingerprint density at radius 1 is 1.28 bits per heavy atom. The summed E-state index contributed by atoms with van der Waals surface area (Å²) in [6, 6.07) is 1.77. The standard InChI is InChI=1S/C16H20Cl2N6S/c1-16(9-19)3-6-24(7-4-16)11-8-22-15(14(20)23-11)25-10-2-5-21-13(18)12(10)17/h2,5,8H,3-4,6-7,9,19H2,1H3,(H2,20,23). The Morgan fingerprint density at radius 3 is 2.64 bits per heavy atom. The number of nitrogen functional groups attached to an aromatic ring is 1. The minimum Gasteiger partial charge on any atom is -0.381 e. The molecule has 0 atom stereocenters. The molecule has 25 heavy (non-hydrogen) atoms. The molecule has 1 fully saturated rings. The third-order valence-corrected chi connectivity index (χ3v) is 6.50. The fourth-order valence-corrected chi connectivity index (χ4v) is 3.90. The maximum atomic E-state index is 6.17. The summed E-state index contributed by atoms with van der Waals surface area (Å²) < 4.78 is 0. The molecule has 1 aliphatic heterocycles. The zero-order valence-electron chi connectivity index (χ0n) is 13.9. The molecule has 0 amide bonds. The second kappa shape index (κ2) is 7.53. The molecule has 3 rings (SSSR count). The van der Waals surface area contributed by atoms with E-state index in [2.05, 4.69) is 26.8 Å². The lowest BCUT2D eigenvalue weighted by atomic mass is 9.80. The SMILES string of the molecule is CC1(CN)CCN(c2cnc(Sc3ccnc(Cl)c3Cl)c(N)n2)CC1. The van der Waals surface area contributed by atoms with Gasteiger partial charge in [0.05, 0.1) is 11.2 Å². The van der Waals surface area contributed by atoms with Gasteiger partial charge in [0.2, 0.25) is 0 Å². The number of halogens is 2. The van der Waals surface area contributed by atoms with Crippen LogP contribution in [0.2, 0.25) is 10.2 Å². The molecular formula is C16H20Cl2N6S. The molecule has 0 aliphatic carbocycles. The zero-order chi connectivity index (χ0) is 18.0. The summed E-state index contributed by atoms with van der Waals surface area (Å²) in [4.78, 5) is 15.9. The number of piperidine rings is 1. The van der Waals surface area contributed by atoms with Crippen molar-refractivity contribution in [2.75, 3.05) is 30.3 Å². The molecule has 6 nitrogen and oxygen atoms in total. The van der Waals surface area contributed by atoms with Crippen LogP contribution >= 0.6 is 35.0 Å². The summed E-state index contributed by atoms with van der Waals surface area (Å²) in [5.41, 5.74) is 12.2. The van der Waals surface area contributed by atoms with Crippen molar-refractivity contribution in [3.63, 3.8) is 0 Å². The molecular weight excluding hydrogens is 379 g/mol. The Morgan fingerprint density at radius 2 is 2.00 bits per heavy atom. The van der Waals surface area contributed by atoms with E-state index in [-0.39, 0.29) is 10.6 Å². The maximum Gasteiger partial charge on any atom is 0.158 e. The number of pyridine rings is 1. The summed E-state index contributed by atoms with van der Waals surface area (Å²) in [5.74, 6) is 1.17. The molecule has 0 aromatic carbocycles. The number of anilines is 2. The predicted molar refractivity (Wildman–Crippen MR) is 103 cm³/mol. The van der Waals surface area contributed by atoms with Crippen molar-refractivity contribution in [3.05, 3.63) is 28.6 Å². The van der Waals surface area contributed by atoms with Crippen LogP contribution < -0.4 is 16.4 Å². The third-order valence-electron chi connectivity index (χ3n) is 4.56. The van der Waals surface area contributed by atoms with E-state index in [1.165, 1.54) is 11.8 Å². The minimum absolute atomic E-state index is 0.211. The van der Waals surface area contributed by atoms with Crippen molar-refractivity contribution in [3.8, 4) is 0 Å². The minimum atomic E-state index is 0.211. The predicted octanol–water partition coefficient (Wildman–Crippen LogP) is 3.48. The van der Waals surface area contributed by atoms with E-state index in [1.54, 1.807) is 18.5 Å². The monoisotopic (exact) mass is 398 g/mol. The number of nitrogens with zero attached hydrogens (tertiary/aromatic N) is 4. The highest BCUT2D eigenvalue weighted by Gasteiger charge is 2.29. The second-order valence-corrected chi connectivity index (χ2v) is 8.20. The van der Waals surface area contributed by atoms with Crippen molar-refractivity contribution in [2.45, 2.75) is 29.7 Å². The van der Waals surface area contributed by atoms with Gasteiger partial charge in [-0.25, -0.2) is 15.0 Å². The molecule has 0 saturated carbocycles. The first-order chi connectivity index (χ1) is 11.9. The molecule has 0 unspecified atom stereocenters. The lowest BCUT2D eigenvalue weighted by Gasteiger charge is -2.39. The first-order valence-corrected chi connectivity index (χ1v) is 9.54. The number of rotatable bonds is 4. The average Bonchev–Trinajstić information content (AvgIpc) is 2.61. The van der Waals surface area contributed by atoms with E-state index >= 15 is 0 Å². The van der Waals surface area contributed by atoms with Gasteiger partial charge in [0.25, 0.3) is 0 Å². The highest BCUT2D eigenvalue weighted by molar-refractivity contribution is 7.99. The quantitative estimate of drug-likeness (QED) is 0.760. The molecule has 0 bridgehead atoms. The molecule has 134 valence electrons. The van der Waals surface area contributed by atoms with Gasteiger partial charge in [-0.3, -0.25) is 0 Å². The number of nitrogens with two attached hydrogens (primary N) is 2. The lowest BCUT2D eigenvalue weighted by Crippen LogP contribution is -2.42. The number of hydrogen-bond donors (Lipinski definition) is 2. The summed E-state index contributed by atoms with van der Waals surface area (Å²) >= 11 is 13.4. The first kappa shape index (κ1) is 18.5. The normalized spacial score (nSPS) is 16.9. The molecule has 0 spiro atoms. The number of aromatic nitrogens is 3. The first-order valence-electron chi connectivity index (χ1n) is 7.97. The van der Waals surface area contributed by atoms with Gasteiger partial charge in [0, 0.05) is 24.2 Å². The van der Waals surface area contributed by atoms with Crippen LogP contribution in [0.25, 0.3) is 0 Å². The van der Waals surface area contributed by atoms with Crippen molar-refractivity contribution >= 4 is 46.6 Å². The van der Waals surface area contributed by atoms with Crippen LogP contribution in [0.15, 0.2) is 28.4 Å². The van der Waals surface area contributed by atoms with Crippen LogP contribution in [-0.2, 0) is 0 Å². The van der Waals surface area contributed by atoms with Crippen molar-refractivity contribution in [2.24, 2.45) is 11.1 Å². The van der Waals surface area contributed by atoms with Crippen molar-refractivity contribution < 1.29 is 0 Å². The molecule has 1 aliphatic rings. The fourth-order valence-electron chi connectivity index (χ4n) is 2.68. The van der Waals surface area contributed by atoms with Crippen molar-refractivity contribution in [1.29, 1.82) is 0 Å². The van der Waals surface area contributed by atoms with Gasteiger partial charge in [-0.15, -0.1) is 0 Å². The largest absolute Gasteiger partial charge is 0.381 e. The van der Waals surface area contributed by atoms with Gasteiger partial charge in [0.15, 0.2) is 5.82 Å². The van der Waals surface area contributed by atoms with Crippen LogP contribution in [-0.4, -0.2) is 34.6 Å². The summed E-state index contributed by atoms with van der Waals surface area (Å²) in [6.07, 6.45) is 5.41. The summed E-state index contributed by atoms with van der Waals surface area (Å²) in [6.45, 7) is 4.74. The fraction of sp³-hybridized carbons (Fsp3) is 0.438. The van der Waals surface area contributed by atoms with Crippen LogP contribution in [0.1, 0.15) is 19.8 Å². The Balaban J connectivity index is 1.74. The Hall–Kier alpha value is -1.28. The van der Waals surface area contributed by atoms with E-state index in [4.69, 9.17) is 34.7 Å².